The molecule has 48 heavy (non-hydrogen) atoms. The van der Waals surface area contributed by atoms with Crippen LogP contribution in [0.25, 0.3) is 71.5 Å². The van der Waals surface area contributed by atoms with Crippen LogP contribution in [0.2, 0.25) is 0 Å². The molecular weight excluding hydrogens is 585 g/mol. The molecule has 0 amide bonds. The minimum absolute atomic E-state index is 0.0192. The zero-order valence-corrected chi connectivity index (χ0v) is 29.6. The molecule has 0 spiro atoms. The summed E-state index contributed by atoms with van der Waals surface area (Å²) in [6.45, 7) is 20.7. The van der Waals surface area contributed by atoms with Crippen LogP contribution in [0.15, 0.2) is 108 Å². The first-order chi connectivity index (χ1) is 22.7. The van der Waals surface area contributed by atoms with Gasteiger partial charge in [0.2, 0.25) is 0 Å². The van der Waals surface area contributed by atoms with E-state index < -0.39 is 0 Å². The number of nitrogens with zero attached hydrogens (tertiary/aromatic N) is 2. The first-order valence-corrected chi connectivity index (χ1v) is 17.1. The second kappa shape index (κ2) is 10.3. The summed E-state index contributed by atoms with van der Waals surface area (Å²) in [5.74, 6) is 0. The molecule has 0 aliphatic rings. The molecule has 0 unspecified atom stereocenters. The Kier molecular flexibility index (Phi) is 6.53. The average Bonchev–Trinajstić information content (AvgIpc) is 3.68. The van der Waals surface area contributed by atoms with Gasteiger partial charge in [-0.1, -0.05) is 117 Å². The zero-order valence-electron chi connectivity index (χ0n) is 29.6. The molecule has 3 nitrogen and oxygen atoms in total. The second-order valence-electron chi connectivity index (χ2n) is 16.6. The molecule has 0 aliphatic heterocycles. The highest BCUT2D eigenvalue weighted by molar-refractivity contribution is 6.13. The molecule has 0 atom stereocenters. The van der Waals surface area contributed by atoms with Crippen molar-refractivity contribution in [2.45, 2.75) is 78.6 Å². The molecule has 8 rings (SSSR count). The number of rotatable bonds is 2. The molecule has 0 fully saturated rings. The molecule has 3 heterocycles. The van der Waals surface area contributed by atoms with E-state index >= 15 is 0 Å². The van der Waals surface area contributed by atoms with Gasteiger partial charge in [-0.15, -0.1) is 0 Å². The Bertz CT molecular complexity index is 2560. The molecule has 0 N–H and O–H groups in total. The highest BCUT2D eigenvalue weighted by atomic mass is 16.3. The lowest BCUT2D eigenvalue weighted by Gasteiger charge is -2.25. The van der Waals surface area contributed by atoms with Crippen LogP contribution in [-0.4, -0.2) is 9.38 Å². The van der Waals surface area contributed by atoms with Crippen molar-refractivity contribution in [3.05, 3.63) is 120 Å². The fourth-order valence-corrected chi connectivity index (χ4v) is 7.24. The third-order valence-corrected chi connectivity index (χ3v) is 10.1. The van der Waals surface area contributed by atoms with Crippen molar-refractivity contribution in [1.82, 2.24) is 9.38 Å². The maximum absolute atomic E-state index is 7.01. The summed E-state index contributed by atoms with van der Waals surface area (Å²) < 4.78 is 9.21. The summed E-state index contributed by atoms with van der Waals surface area (Å²) in [5, 5.41) is 6.00. The Morgan fingerprint density at radius 1 is 0.521 bits per heavy atom. The van der Waals surface area contributed by atoms with Crippen LogP contribution < -0.4 is 0 Å². The van der Waals surface area contributed by atoms with Gasteiger partial charge in [0, 0.05) is 45.1 Å². The summed E-state index contributed by atoms with van der Waals surface area (Å²) >= 11 is 0. The molecule has 8 aromatic rings. The highest BCUT2D eigenvalue weighted by Gasteiger charge is 2.27. The normalized spacial score (nSPS) is 13.1. The molecule has 0 radical (unpaired) electrons. The summed E-state index contributed by atoms with van der Waals surface area (Å²) in [5.41, 5.74) is 12.6. The van der Waals surface area contributed by atoms with Gasteiger partial charge >= 0.3 is 0 Å². The van der Waals surface area contributed by atoms with Gasteiger partial charge in [-0.2, -0.15) is 0 Å². The van der Waals surface area contributed by atoms with E-state index in [0.29, 0.717) is 0 Å². The lowest BCUT2D eigenvalue weighted by atomic mass is 9.79. The first kappa shape index (κ1) is 30.4. The van der Waals surface area contributed by atoms with Crippen molar-refractivity contribution in [3.8, 4) is 22.3 Å². The van der Waals surface area contributed by atoms with Gasteiger partial charge in [-0.25, -0.2) is 4.98 Å². The number of furan rings is 1. The predicted molar refractivity (Wildman–Crippen MR) is 204 cm³/mol. The molecule has 3 heteroatoms. The van der Waals surface area contributed by atoms with E-state index in [-0.39, 0.29) is 16.2 Å². The maximum atomic E-state index is 7.01. The molecule has 0 saturated carbocycles. The van der Waals surface area contributed by atoms with Gasteiger partial charge in [-0.3, -0.25) is 4.40 Å². The lowest BCUT2D eigenvalue weighted by Crippen LogP contribution is -2.16. The molecular formula is C45H44N2O. The monoisotopic (exact) mass is 628 g/mol. The van der Waals surface area contributed by atoms with Crippen molar-refractivity contribution in [1.29, 1.82) is 0 Å². The molecule has 0 saturated heterocycles. The van der Waals surface area contributed by atoms with Crippen LogP contribution in [0.4, 0.5) is 0 Å². The summed E-state index contributed by atoms with van der Waals surface area (Å²) in [4.78, 5) is 4.68. The topological polar surface area (TPSA) is 30.4 Å². The van der Waals surface area contributed by atoms with E-state index in [2.05, 4.69) is 169 Å². The average molecular weight is 629 g/mol. The number of pyridine rings is 1. The second-order valence-corrected chi connectivity index (χ2v) is 16.6. The number of hydrogen-bond acceptors (Lipinski definition) is 2. The SMILES string of the molecule is CC(C)(C)c1cc(-c2cccc(-c3ccc4c(c3)c3ccccc3c3nccn43)c2)c2oc3c(C(C)(C)C)cc(C(C)(C)C)cc3c2c1. The minimum atomic E-state index is -0.0666. The van der Waals surface area contributed by atoms with Crippen molar-refractivity contribution in [2.75, 3.05) is 0 Å². The number of hydrogen-bond donors (Lipinski definition) is 0. The standard InChI is InChI=1S/C45H44N2O/c1-43(2,3)30-23-34(40-36(24-30)37-25-31(44(4,5)6)26-38(41(37)48-40)45(7,8)9)29-14-12-13-27(21-29)28-17-18-39-35(22-28)32-15-10-11-16-33(32)42-46-19-20-47(39)42/h10-26H,1-9H3. The lowest BCUT2D eigenvalue weighted by molar-refractivity contribution is 0.559. The summed E-state index contributed by atoms with van der Waals surface area (Å²) in [6, 6.07) is 33.8. The van der Waals surface area contributed by atoms with E-state index in [1.54, 1.807) is 0 Å². The molecule has 240 valence electrons. The minimum Gasteiger partial charge on any atom is -0.455 e. The maximum Gasteiger partial charge on any atom is 0.145 e. The Labute approximate surface area is 283 Å². The quantitative estimate of drug-likeness (QED) is 0.178. The third kappa shape index (κ3) is 4.82. The van der Waals surface area contributed by atoms with E-state index in [0.717, 1.165) is 38.8 Å². The van der Waals surface area contributed by atoms with Gasteiger partial charge in [0.15, 0.2) is 0 Å². The summed E-state index contributed by atoms with van der Waals surface area (Å²) in [6.07, 6.45) is 3.94. The van der Waals surface area contributed by atoms with Crippen molar-refractivity contribution < 1.29 is 4.42 Å². The van der Waals surface area contributed by atoms with Crippen molar-refractivity contribution in [3.63, 3.8) is 0 Å². The zero-order chi connectivity index (χ0) is 33.7. The van der Waals surface area contributed by atoms with Crippen molar-refractivity contribution >= 4 is 49.3 Å². The van der Waals surface area contributed by atoms with E-state index in [9.17, 15) is 0 Å². The number of aromatic nitrogens is 2. The van der Waals surface area contributed by atoms with Gasteiger partial charge in [-0.05, 0) is 85.8 Å². The Morgan fingerprint density at radius 2 is 1.17 bits per heavy atom. The van der Waals surface area contributed by atoms with E-state index in [1.807, 2.05) is 6.20 Å². The van der Waals surface area contributed by atoms with Crippen LogP contribution in [0, 0.1) is 0 Å². The van der Waals surface area contributed by atoms with Crippen LogP contribution in [-0.2, 0) is 16.2 Å². The van der Waals surface area contributed by atoms with Gasteiger partial charge < -0.3 is 4.42 Å². The van der Waals surface area contributed by atoms with Crippen LogP contribution in [0.3, 0.4) is 0 Å². The fourth-order valence-electron chi connectivity index (χ4n) is 7.24. The third-order valence-electron chi connectivity index (χ3n) is 10.1. The Morgan fingerprint density at radius 3 is 1.88 bits per heavy atom. The Balaban J connectivity index is 1.38. The van der Waals surface area contributed by atoms with E-state index in [1.165, 1.54) is 49.4 Å². The predicted octanol–water partition coefficient (Wildman–Crippen LogP) is 12.8. The smallest absolute Gasteiger partial charge is 0.145 e. The van der Waals surface area contributed by atoms with Crippen LogP contribution in [0.5, 0.6) is 0 Å². The van der Waals surface area contributed by atoms with Crippen molar-refractivity contribution in [2.24, 2.45) is 0 Å². The van der Waals surface area contributed by atoms with E-state index in [4.69, 9.17) is 4.42 Å². The molecule has 0 aliphatic carbocycles. The fraction of sp³-hybridized carbons (Fsp3) is 0.267. The largest absolute Gasteiger partial charge is 0.455 e. The molecule has 5 aromatic carbocycles. The van der Waals surface area contributed by atoms with Gasteiger partial charge in [0.25, 0.3) is 0 Å². The number of benzene rings is 5. The van der Waals surface area contributed by atoms with Crippen LogP contribution in [0.1, 0.15) is 79.0 Å². The molecule has 3 aromatic heterocycles. The number of fused-ring (bicyclic) bond motifs is 9. The van der Waals surface area contributed by atoms with Gasteiger partial charge in [0.05, 0.1) is 5.52 Å². The van der Waals surface area contributed by atoms with Gasteiger partial charge in [0.1, 0.15) is 16.8 Å². The van der Waals surface area contributed by atoms with Crippen LogP contribution >= 0.6 is 0 Å². The first-order valence-electron chi connectivity index (χ1n) is 17.1. The Hall–Kier alpha value is -4.89. The highest BCUT2D eigenvalue weighted by Crippen LogP contribution is 2.45. The molecule has 0 bridgehead atoms. The summed E-state index contributed by atoms with van der Waals surface area (Å²) in [7, 11) is 0. The number of imidazole rings is 1.